The fourth-order valence-corrected chi connectivity index (χ4v) is 3.17. The van der Waals surface area contributed by atoms with Crippen molar-refractivity contribution in [2.24, 2.45) is 11.7 Å². The van der Waals surface area contributed by atoms with E-state index in [1.54, 1.807) is 14.2 Å². The van der Waals surface area contributed by atoms with Crippen molar-refractivity contribution >= 4 is 12.4 Å². The summed E-state index contributed by atoms with van der Waals surface area (Å²) in [6.45, 7) is 7.23. The van der Waals surface area contributed by atoms with Crippen molar-refractivity contribution in [2.45, 2.75) is 39.3 Å². The van der Waals surface area contributed by atoms with Crippen LogP contribution < -0.4 is 15.2 Å². The van der Waals surface area contributed by atoms with Gasteiger partial charge in [0.25, 0.3) is 0 Å². The third-order valence-corrected chi connectivity index (χ3v) is 4.59. The SMILES string of the molecule is COc1cc(C)c(CN2CCC(C)CC2CN)cc1OC.Cl. The summed E-state index contributed by atoms with van der Waals surface area (Å²) in [5.74, 6) is 2.37. The number of rotatable bonds is 5. The zero-order chi connectivity index (χ0) is 15.4. The first-order valence-corrected chi connectivity index (χ1v) is 7.74. The Hall–Kier alpha value is -0.970. The van der Waals surface area contributed by atoms with Crippen LogP contribution >= 0.6 is 12.4 Å². The summed E-state index contributed by atoms with van der Waals surface area (Å²) in [4.78, 5) is 2.51. The van der Waals surface area contributed by atoms with Crippen molar-refractivity contribution in [2.75, 3.05) is 27.3 Å². The quantitative estimate of drug-likeness (QED) is 0.902. The Morgan fingerprint density at radius 3 is 2.45 bits per heavy atom. The van der Waals surface area contributed by atoms with Gasteiger partial charge in [0.05, 0.1) is 14.2 Å². The standard InChI is InChI=1S/C17H28N2O2.ClH/c1-12-5-6-19(15(7-12)10-18)11-14-9-17(21-4)16(20-3)8-13(14)2;/h8-9,12,15H,5-7,10-11,18H2,1-4H3;1H. The summed E-state index contributed by atoms with van der Waals surface area (Å²) >= 11 is 0. The van der Waals surface area contributed by atoms with Gasteiger partial charge in [-0.15, -0.1) is 12.4 Å². The van der Waals surface area contributed by atoms with E-state index < -0.39 is 0 Å². The monoisotopic (exact) mass is 328 g/mol. The smallest absolute Gasteiger partial charge is 0.161 e. The minimum absolute atomic E-state index is 0. The van der Waals surface area contributed by atoms with Crippen LogP contribution in [0.5, 0.6) is 11.5 Å². The van der Waals surface area contributed by atoms with Crippen molar-refractivity contribution in [1.82, 2.24) is 4.90 Å². The average molecular weight is 329 g/mol. The molecule has 0 amide bonds. The molecule has 0 saturated carbocycles. The number of hydrogen-bond acceptors (Lipinski definition) is 4. The Kier molecular flexibility index (Phi) is 7.46. The molecule has 22 heavy (non-hydrogen) atoms. The van der Waals surface area contributed by atoms with Crippen molar-refractivity contribution in [3.63, 3.8) is 0 Å². The Bertz CT molecular complexity index is 482. The number of likely N-dealkylation sites (tertiary alicyclic amines) is 1. The molecule has 1 heterocycles. The second kappa shape index (κ2) is 8.61. The topological polar surface area (TPSA) is 47.7 Å². The number of nitrogens with two attached hydrogens (primary N) is 1. The van der Waals surface area contributed by atoms with Crippen molar-refractivity contribution in [1.29, 1.82) is 0 Å². The lowest BCUT2D eigenvalue weighted by Gasteiger charge is -2.38. The highest BCUT2D eigenvalue weighted by molar-refractivity contribution is 5.85. The van der Waals surface area contributed by atoms with Crippen LogP contribution in [0.3, 0.4) is 0 Å². The fourth-order valence-electron chi connectivity index (χ4n) is 3.17. The molecule has 1 fully saturated rings. The van der Waals surface area contributed by atoms with Gasteiger partial charge in [-0.25, -0.2) is 0 Å². The van der Waals surface area contributed by atoms with E-state index in [1.165, 1.54) is 24.0 Å². The van der Waals surface area contributed by atoms with Crippen LogP contribution in [0.1, 0.15) is 30.9 Å². The Morgan fingerprint density at radius 2 is 1.86 bits per heavy atom. The molecule has 5 heteroatoms. The first-order valence-electron chi connectivity index (χ1n) is 7.74. The lowest BCUT2D eigenvalue weighted by Crippen LogP contribution is -2.45. The summed E-state index contributed by atoms with van der Waals surface area (Å²) < 4.78 is 10.8. The van der Waals surface area contributed by atoms with Crippen LogP contribution in [0.2, 0.25) is 0 Å². The third kappa shape index (κ3) is 4.28. The van der Waals surface area contributed by atoms with Gasteiger partial charge in [0.15, 0.2) is 11.5 Å². The molecule has 1 saturated heterocycles. The zero-order valence-corrected chi connectivity index (χ0v) is 14.9. The van der Waals surface area contributed by atoms with E-state index in [9.17, 15) is 0 Å². The van der Waals surface area contributed by atoms with E-state index in [0.717, 1.165) is 37.1 Å². The number of halogens is 1. The predicted octanol–water partition coefficient (Wildman–Crippen LogP) is 2.99. The Labute approximate surface area is 140 Å². The van der Waals surface area contributed by atoms with Crippen LogP contribution in [0.15, 0.2) is 12.1 Å². The molecule has 2 unspecified atom stereocenters. The minimum atomic E-state index is 0. The maximum absolute atomic E-state index is 5.96. The van der Waals surface area contributed by atoms with E-state index in [-0.39, 0.29) is 12.4 Å². The molecule has 0 aromatic heterocycles. The van der Waals surface area contributed by atoms with Crippen molar-refractivity contribution < 1.29 is 9.47 Å². The molecular weight excluding hydrogens is 300 g/mol. The van der Waals surface area contributed by atoms with E-state index in [0.29, 0.717) is 6.04 Å². The highest BCUT2D eigenvalue weighted by Crippen LogP contribution is 2.32. The van der Waals surface area contributed by atoms with Gasteiger partial charge < -0.3 is 15.2 Å². The highest BCUT2D eigenvalue weighted by Gasteiger charge is 2.25. The summed E-state index contributed by atoms with van der Waals surface area (Å²) in [5, 5.41) is 0. The molecule has 2 rings (SSSR count). The zero-order valence-electron chi connectivity index (χ0n) is 14.1. The van der Waals surface area contributed by atoms with Crippen LogP contribution in [-0.2, 0) is 6.54 Å². The molecule has 126 valence electrons. The van der Waals surface area contributed by atoms with E-state index in [2.05, 4.69) is 30.9 Å². The number of methoxy groups -OCH3 is 2. The molecule has 4 nitrogen and oxygen atoms in total. The van der Waals surface area contributed by atoms with Crippen molar-refractivity contribution in [3.05, 3.63) is 23.3 Å². The van der Waals surface area contributed by atoms with Crippen LogP contribution in [0.4, 0.5) is 0 Å². The van der Waals surface area contributed by atoms with Gasteiger partial charge in [-0.1, -0.05) is 6.92 Å². The fraction of sp³-hybridized carbons (Fsp3) is 0.647. The highest BCUT2D eigenvalue weighted by atomic mass is 35.5. The lowest BCUT2D eigenvalue weighted by molar-refractivity contribution is 0.115. The molecular formula is C17H29ClN2O2. The Morgan fingerprint density at radius 1 is 1.23 bits per heavy atom. The minimum Gasteiger partial charge on any atom is -0.493 e. The van der Waals surface area contributed by atoms with Gasteiger partial charge in [-0.05, 0) is 55.5 Å². The third-order valence-electron chi connectivity index (χ3n) is 4.59. The van der Waals surface area contributed by atoms with Gasteiger partial charge in [-0.2, -0.15) is 0 Å². The largest absolute Gasteiger partial charge is 0.493 e. The Balaban J connectivity index is 0.00000242. The number of ether oxygens (including phenoxy) is 2. The molecule has 1 aromatic rings. The van der Waals surface area contributed by atoms with E-state index in [4.69, 9.17) is 15.2 Å². The number of hydrogen-bond donors (Lipinski definition) is 1. The first kappa shape index (κ1) is 19.1. The van der Waals surface area contributed by atoms with Crippen LogP contribution in [0, 0.1) is 12.8 Å². The van der Waals surface area contributed by atoms with Crippen LogP contribution in [0.25, 0.3) is 0 Å². The van der Waals surface area contributed by atoms with Gasteiger partial charge >= 0.3 is 0 Å². The summed E-state index contributed by atoms with van der Waals surface area (Å²) in [5.41, 5.74) is 8.49. The summed E-state index contributed by atoms with van der Waals surface area (Å²) in [6, 6.07) is 4.64. The number of piperidine rings is 1. The van der Waals surface area contributed by atoms with Crippen molar-refractivity contribution in [3.8, 4) is 11.5 Å². The normalized spacial score (nSPS) is 22.0. The molecule has 2 atom stereocenters. The molecule has 2 N–H and O–H groups in total. The second-order valence-electron chi connectivity index (χ2n) is 6.12. The molecule has 0 radical (unpaired) electrons. The van der Waals surface area contributed by atoms with Gasteiger partial charge in [0.2, 0.25) is 0 Å². The molecule has 1 aliphatic rings. The molecule has 1 aliphatic heterocycles. The van der Waals surface area contributed by atoms with Gasteiger partial charge in [-0.3, -0.25) is 4.90 Å². The molecule has 0 bridgehead atoms. The molecule has 0 aliphatic carbocycles. The van der Waals surface area contributed by atoms with E-state index in [1.807, 2.05) is 0 Å². The lowest BCUT2D eigenvalue weighted by atomic mass is 9.91. The number of nitrogens with zero attached hydrogens (tertiary/aromatic N) is 1. The first-order chi connectivity index (χ1) is 10.1. The van der Waals surface area contributed by atoms with Crippen LogP contribution in [-0.4, -0.2) is 38.3 Å². The average Bonchev–Trinajstić information content (AvgIpc) is 2.50. The van der Waals surface area contributed by atoms with Gasteiger partial charge in [0.1, 0.15) is 0 Å². The predicted molar refractivity (Wildman–Crippen MR) is 93.2 cm³/mol. The number of aryl methyl sites for hydroxylation is 1. The maximum Gasteiger partial charge on any atom is 0.161 e. The molecule has 1 aromatic carbocycles. The maximum atomic E-state index is 5.96. The van der Waals surface area contributed by atoms with E-state index >= 15 is 0 Å². The summed E-state index contributed by atoms with van der Waals surface area (Å²) in [7, 11) is 3.36. The van der Waals surface area contributed by atoms with Gasteiger partial charge in [0, 0.05) is 19.1 Å². The molecule has 0 spiro atoms. The second-order valence-corrected chi connectivity index (χ2v) is 6.12. The summed E-state index contributed by atoms with van der Waals surface area (Å²) in [6.07, 6.45) is 2.45. The number of benzene rings is 1.